The number of nitrogens with zero attached hydrogens (tertiary/aromatic N) is 3. The maximum Gasteiger partial charge on any atom is 0.224 e. The standard InChI is InChI=1S/C14H24N4O/c1-3-7-15-14-16-8-4-13(17-14)18-9-5-12(6-10-18)11-19-2/h4,8,12H,3,5-7,9-11H2,1-2H3,(H,15,16,17). The van der Waals surface area contributed by atoms with Gasteiger partial charge in [0.1, 0.15) is 5.82 Å². The molecule has 1 aliphatic rings. The maximum absolute atomic E-state index is 5.23. The first-order valence-electron chi connectivity index (χ1n) is 7.14. The Morgan fingerprint density at radius 3 is 2.89 bits per heavy atom. The molecule has 1 N–H and O–H groups in total. The van der Waals surface area contributed by atoms with Crippen molar-refractivity contribution < 1.29 is 4.74 Å². The minimum absolute atomic E-state index is 0.695. The second-order valence-electron chi connectivity index (χ2n) is 5.05. The Kier molecular flexibility index (Phi) is 5.39. The molecule has 1 saturated heterocycles. The average Bonchev–Trinajstić information content (AvgIpc) is 2.46. The maximum atomic E-state index is 5.23. The predicted molar refractivity (Wildman–Crippen MR) is 77.6 cm³/mol. The second-order valence-corrected chi connectivity index (χ2v) is 5.05. The Balaban J connectivity index is 1.91. The van der Waals surface area contributed by atoms with E-state index in [0.717, 1.165) is 44.4 Å². The van der Waals surface area contributed by atoms with Gasteiger partial charge in [-0.05, 0) is 31.2 Å². The van der Waals surface area contributed by atoms with E-state index >= 15 is 0 Å². The van der Waals surface area contributed by atoms with Crippen molar-refractivity contribution in [2.75, 3.05) is 43.6 Å². The summed E-state index contributed by atoms with van der Waals surface area (Å²) in [4.78, 5) is 11.2. The molecule has 0 unspecified atom stereocenters. The smallest absolute Gasteiger partial charge is 0.224 e. The summed E-state index contributed by atoms with van der Waals surface area (Å²) in [6, 6.07) is 1.99. The molecule has 1 aliphatic heterocycles. The van der Waals surface area contributed by atoms with Gasteiger partial charge in [0.2, 0.25) is 5.95 Å². The van der Waals surface area contributed by atoms with Gasteiger partial charge in [0.25, 0.3) is 0 Å². The van der Waals surface area contributed by atoms with Crippen molar-refractivity contribution >= 4 is 11.8 Å². The highest BCUT2D eigenvalue weighted by Crippen LogP contribution is 2.22. The van der Waals surface area contributed by atoms with Crippen LogP contribution >= 0.6 is 0 Å². The summed E-state index contributed by atoms with van der Waals surface area (Å²) in [5, 5.41) is 3.23. The average molecular weight is 264 g/mol. The zero-order chi connectivity index (χ0) is 13.5. The lowest BCUT2D eigenvalue weighted by molar-refractivity contribution is 0.139. The van der Waals surface area contributed by atoms with Crippen LogP contribution in [-0.2, 0) is 4.74 Å². The quantitative estimate of drug-likeness (QED) is 0.853. The summed E-state index contributed by atoms with van der Waals surface area (Å²) in [6.07, 6.45) is 5.27. The van der Waals surface area contributed by atoms with E-state index in [1.54, 1.807) is 7.11 Å². The lowest BCUT2D eigenvalue weighted by atomic mass is 9.98. The first-order chi connectivity index (χ1) is 9.33. The number of rotatable bonds is 6. The number of hydrogen-bond donors (Lipinski definition) is 1. The fourth-order valence-corrected chi connectivity index (χ4v) is 2.41. The number of piperidine rings is 1. The number of nitrogens with one attached hydrogen (secondary N) is 1. The van der Waals surface area contributed by atoms with E-state index in [4.69, 9.17) is 4.74 Å². The molecule has 0 spiro atoms. The molecule has 19 heavy (non-hydrogen) atoms. The van der Waals surface area contributed by atoms with Gasteiger partial charge >= 0.3 is 0 Å². The first kappa shape index (κ1) is 14.1. The molecule has 0 atom stereocenters. The summed E-state index contributed by atoms with van der Waals surface area (Å²) in [5.41, 5.74) is 0. The normalized spacial score (nSPS) is 16.6. The number of hydrogen-bond acceptors (Lipinski definition) is 5. The summed E-state index contributed by atoms with van der Waals surface area (Å²) >= 11 is 0. The van der Waals surface area contributed by atoms with Crippen molar-refractivity contribution in [1.82, 2.24) is 9.97 Å². The number of anilines is 2. The van der Waals surface area contributed by atoms with Gasteiger partial charge in [-0.2, -0.15) is 4.98 Å². The van der Waals surface area contributed by atoms with Crippen LogP contribution in [0.4, 0.5) is 11.8 Å². The van der Waals surface area contributed by atoms with Gasteiger partial charge in [-0.15, -0.1) is 0 Å². The van der Waals surface area contributed by atoms with Crippen LogP contribution in [0.2, 0.25) is 0 Å². The molecule has 0 radical (unpaired) electrons. The number of methoxy groups -OCH3 is 1. The molecule has 1 aromatic heterocycles. The Morgan fingerprint density at radius 1 is 1.42 bits per heavy atom. The second kappa shape index (κ2) is 7.28. The molecule has 0 aliphatic carbocycles. The van der Waals surface area contributed by atoms with Crippen molar-refractivity contribution in [3.05, 3.63) is 12.3 Å². The summed E-state index contributed by atoms with van der Waals surface area (Å²) in [6.45, 7) is 6.04. The summed E-state index contributed by atoms with van der Waals surface area (Å²) < 4.78 is 5.23. The van der Waals surface area contributed by atoms with Crippen LogP contribution in [0, 0.1) is 5.92 Å². The molecule has 1 fully saturated rings. The van der Waals surface area contributed by atoms with E-state index < -0.39 is 0 Å². The molecule has 2 heterocycles. The molecule has 0 amide bonds. The van der Waals surface area contributed by atoms with E-state index in [1.807, 2.05) is 12.3 Å². The molecule has 5 heteroatoms. The lowest BCUT2D eigenvalue weighted by Gasteiger charge is -2.32. The fraction of sp³-hybridized carbons (Fsp3) is 0.714. The van der Waals surface area contributed by atoms with Crippen LogP contribution in [0.5, 0.6) is 0 Å². The molecule has 5 nitrogen and oxygen atoms in total. The van der Waals surface area contributed by atoms with Crippen molar-refractivity contribution in [2.45, 2.75) is 26.2 Å². The van der Waals surface area contributed by atoms with Gasteiger partial charge in [0.15, 0.2) is 0 Å². The predicted octanol–water partition coefficient (Wildman–Crippen LogP) is 2.16. The molecular formula is C14H24N4O. The minimum atomic E-state index is 0.695. The zero-order valence-electron chi connectivity index (χ0n) is 11.9. The summed E-state index contributed by atoms with van der Waals surface area (Å²) in [7, 11) is 1.78. The van der Waals surface area contributed by atoms with Crippen LogP contribution in [-0.4, -0.2) is 43.3 Å². The van der Waals surface area contributed by atoms with Gasteiger partial charge in [-0.3, -0.25) is 0 Å². The Morgan fingerprint density at radius 2 is 2.21 bits per heavy atom. The van der Waals surface area contributed by atoms with Crippen LogP contribution in [0.15, 0.2) is 12.3 Å². The minimum Gasteiger partial charge on any atom is -0.384 e. The van der Waals surface area contributed by atoms with Gasteiger partial charge in [-0.1, -0.05) is 6.92 Å². The molecule has 106 valence electrons. The monoisotopic (exact) mass is 264 g/mol. The first-order valence-corrected chi connectivity index (χ1v) is 7.14. The zero-order valence-corrected chi connectivity index (χ0v) is 11.9. The van der Waals surface area contributed by atoms with Crippen molar-refractivity contribution in [3.8, 4) is 0 Å². The summed E-state index contributed by atoms with van der Waals surface area (Å²) in [5.74, 6) is 2.46. The van der Waals surface area contributed by atoms with Gasteiger partial charge in [0, 0.05) is 39.5 Å². The highest BCUT2D eigenvalue weighted by atomic mass is 16.5. The van der Waals surface area contributed by atoms with Crippen molar-refractivity contribution in [1.29, 1.82) is 0 Å². The fourth-order valence-electron chi connectivity index (χ4n) is 2.41. The van der Waals surface area contributed by atoms with E-state index in [0.29, 0.717) is 5.92 Å². The van der Waals surface area contributed by atoms with Crippen LogP contribution < -0.4 is 10.2 Å². The van der Waals surface area contributed by atoms with Crippen molar-refractivity contribution in [2.24, 2.45) is 5.92 Å². The van der Waals surface area contributed by atoms with Crippen molar-refractivity contribution in [3.63, 3.8) is 0 Å². The van der Waals surface area contributed by atoms with E-state index in [-0.39, 0.29) is 0 Å². The number of aromatic nitrogens is 2. The van der Waals surface area contributed by atoms with Gasteiger partial charge in [0.05, 0.1) is 0 Å². The molecular weight excluding hydrogens is 240 g/mol. The third kappa shape index (κ3) is 4.06. The van der Waals surface area contributed by atoms with E-state index in [9.17, 15) is 0 Å². The highest BCUT2D eigenvalue weighted by molar-refractivity contribution is 5.42. The van der Waals surface area contributed by atoms with Gasteiger partial charge in [-0.25, -0.2) is 4.98 Å². The third-order valence-electron chi connectivity index (χ3n) is 3.51. The highest BCUT2D eigenvalue weighted by Gasteiger charge is 2.20. The molecule has 1 aromatic rings. The topological polar surface area (TPSA) is 50.3 Å². The molecule has 0 aromatic carbocycles. The Hall–Kier alpha value is -1.36. The van der Waals surface area contributed by atoms with Crippen LogP contribution in [0.1, 0.15) is 26.2 Å². The van der Waals surface area contributed by atoms with Crippen LogP contribution in [0.25, 0.3) is 0 Å². The van der Waals surface area contributed by atoms with Crippen LogP contribution in [0.3, 0.4) is 0 Å². The molecule has 2 rings (SSSR count). The molecule has 0 saturated carbocycles. The molecule has 0 bridgehead atoms. The number of ether oxygens (including phenoxy) is 1. The Labute approximate surface area is 115 Å². The largest absolute Gasteiger partial charge is 0.384 e. The van der Waals surface area contributed by atoms with E-state index in [2.05, 4.69) is 27.1 Å². The van der Waals surface area contributed by atoms with E-state index in [1.165, 1.54) is 12.8 Å². The Bertz CT molecular complexity index is 377. The third-order valence-corrected chi connectivity index (χ3v) is 3.51. The SMILES string of the molecule is CCCNc1nccc(N2CCC(COC)CC2)n1. The van der Waals surface area contributed by atoms with Gasteiger partial charge < -0.3 is 15.0 Å². The lowest BCUT2D eigenvalue weighted by Crippen LogP contribution is -2.35.